The first kappa shape index (κ1) is 22.7. The summed E-state index contributed by atoms with van der Waals surface area (Å²) < 4.78 is 5.18. The van der Waals surface area contributed by atoms with Crippen molar-refractivity contribution in [1.29, 1.82) is 0 Å². The van der Waals surface area contributed by atoms with Crippen molar-refractivity contribution in [3.63, 3.8) is 0 Å². The third-order valence-electron chi connectivity index (χ3n) is 4.30. The lowest BCUT2D eigenvalue weighted by molar-refractivity contribution is -0.120. The van der Waals surface area contributed by atoms with Crippen LogP contribution in [0.25, 0.3) is 0 Å². The zero-order valence-corrected chi connectivity index (χ0v) is 18.6. The van der Waals surface area contributed by atoms with Crippen LogP contribution < -0.4 is 20.9 Å². The van der Waals surface area contributed by atoms with Gasteiger partial charge in [0.2, 0.25) is 11.8 Å². The van der Waals surface area contributed by atoms with Gasteiger partial charge in [0.15, 0.2) is 5.96 Å². The fraction of sp³-hybridized carbons (Fsp3) is 0.350. The van der Waals surface area contributed by atoms with Crippen molar-refractivity contribution in [3.05, 3.63) is 54.5 Å². The van der Waals surface area contributed by atoms with Crippen molar-refractivity contribution >= 4 is 47.4 Å². The summed E-state index contributed by atoms with van der Waals surface area (Å²) in [5, 5.41) is 9.12. The second kappa shape index (κ2) is 11.4. The number of carbonyl (C=O) groups is 2. The van der Waals surface area contributed by atoms with Gasteiger partial charge in [0.1, 0.15) is 12.3 Å². The lowest BCUT2D eigenvalue weighted by atomic mass is 10.2. The van der Waals surface area contributed by atoms with Crippen molar-refractivity contribution in [3.8, 4) is 0 Å². The summed E-state index contributed by atoms with van der Waals surface area (Å²) in [5.74, 6) is 1.06. The third kappa shape index (κ3) is 6.77. The Kier molecular flexibility index (Phi) is 8.97. The zero-order valence-electron chi connectivity index (χ0n) is 16.3. The molecule has 1 aliphatic rings. The normalized spacial score (nSPS) is 16.3. The van der Waals surface area contributed by atoms with Gasteiger partial charge >= 0.3 is 0 Å². The Morgan fingerprint density at radius 1 is 1.21 bits per heavy atom. The molecule has 0 aliphatic carbocycles. The molecule has 3 N–H and O–H groups in total. The molecule has 1 aliphatic heterocycles. The van der Waals surface area contributed by atoms with Crippen LogP contribution in [0.3, 0.4) is 0 Å². The number of nitrogens with one attached hydrogen (secondary N) is 3. The molecule has 29 heavy (non-hydrogen) atoms. The highest BCUT2D eigenvalue weighted by Gasteiger charge is 2.31. The Labute approximate surface area is 187 Å². The molecule has 0 bridgehead atoms. The number of rotatable bonds is 7. The summed E-state index contributed by atoms with van der Waals surface area (Å²) in [4.78, 5) is 30.4. The van der Waals surface area contributed by atoms with E-state index < -0.39 is 0 Å². The molecular weight excluding hydrogens is 485 g/mol. The van der Waals surface area contributed by atoms with Crippen LogP contribution in [0, 0.1) is 0 Å². The Morgan fingerprint density at radius 2 is 2.00 bits per heavy atom. The Morgan fingerprint density at radius 3 is 2.69 bits per heavy atom. The van der Waals surface area contributed by atoms with Crippen LogP contribution >= 0.6 is 24.0 Å². The number of nitrogens with zero attached hydrogens (tertiary/aromatic N) is 2. The van der Waals surface area contributed by atoms with Gasteiger partial charge < -0.3 is 25.3 Å². The lowest BCUT2D eigenvalue weighted by Gasteiger charge is -2.19. The molecule has 3 rings (SSSR count). The van der Waals surface area contributed by atoms with E-state index >= 15 is 0 Å². The van der Waals surface area contributed by atoms with Crippen molar-refractivity contribution in [2.45, 2.75) is 25.9 Å². The minimum absolute atomic E-state index is 0. The Balaban J connectivity index is 0.00000300. The van der Waals surface area contributed by atoms with Crippen LogP contribution in [0.1, 0.15) is 19.1 Å². The number of benzene rings is 1. The summed E-state index contributed by atoms with van der Waals surface area (Å²) in [5.41, 5.74) is 0.885. The molecule has 2 amide bonds. The smallest absolute Gasteiger partial charge is 0.242 e. The summed E-state index contributed by atoms with van der Waals surface area (Å²) in [6.07, 6.45) is 1.94. The molecular formula is C20H26IN5O3. The first-order chi connectivity index (χ1) is 13.7. The minimum atomic E-state index is -0.206. The van der Waals surface area contributed by atoms with E-state index in [9.17, 15) is 9.59 Å². The molecule has 1 aromatic carbocycles. The number of hydrogen-bond acceptors (Lipinski definition) is 4. The number of furan rings is 1. The average molecular weight is 511 g/mol. The predicted molar refractivity (Wildman–Crippen MR) is 122 cm³/mol. The standard InChI is InChI=1S/C20H25N5O3.HI/c1-2-21-20(23-13-18(26)22-12-17-9-6-10-28-17)24-15-11-19(27)25(14-15)16-7-4-3-5-8-16;/h3-10,15H,2,11-14H2,1H3,(H,22,26)(H2,21,23,24);1H. The maximum atomic E-state index is 12.3. The molecule has 1 fully saturated rings. The number of anilines is 1. The number of aliphatic imine (C=N–C) groups is 1. The van der Waals surface area contributed by atoms with E-state index in [-0.39, 0.29) is 48.4 Å². The summed E-state index contributed by atoms with van der Waals surface area (Å²) in [6, 6.07) is 13.1. The molecule has 0 spiro atoms. The minimum Gasteiger partial charge on any atom is -0.467 e. The quantitative estimate of drug-likeness (QED) is 0.300. The zero-order chi connectivity index (χ0) is 19.8. The molecule has 1 aromatic heterocycles. The van der Waals surface area contributed by atoms with Gasteiger partial charge in [-0.15, -0.1) is 24.0 Å². The van der Waals surface area contributed by atoms with Crippen LogP contribution in [0.2, 0.25) is 0 Å². The van der Waals surface area contributed by atoms with Gasteiger partial charge in [-0.25, -0.2) is 4.99 Å². The molecule has 0 radical (unpaired) electrons. The fourth-order valence-electron chi connectivity index (χ4n) is 2.98. The van der Waals surface area contributed by atoms with Gasteiger partial charge in [-0.1, -0.05) is 18.2 Å². The number of guanidine groups is 1. The van der Waals surface area contributed by atoms with Crippen molar-refractivity contribution in [2.75, 3.05) is 24.5 Å². The average Bonchev–Trinajstić information content (AvgIpc) is 3.35. The summed E-state index contributed by atoms with van der Waals surface area (Å²) >= 11 is 0. The summed E-state index contributed by atoms with van der Waals surface area (Å²) in [7, 11) is 0. The first-order valence-corrected chi connectivity index (χ1v) is 9.35. The number of amides is 2. The van der Waals surface area contributed by atoms with Crippen LogP contribution in [0.5, 0.6) is 0 Å². The van der Waals surface area contributed by atoms with Gasteiger partial charge in [-0.05, 0) is 31.2 Å². The molecule has 2 heterocycles. The van der Waals surface area contributed by atoms with E-state index in [2.05, 4.69) is 20.9 Å². The lowest BCUT2D eigenvalue weighted by Crippen LogP contribution is -2.45. The maximum absolute atomic E-state index is 12.3. The van der Waals surface area contributed by atoms with Crippen molar-refractivity contribution in [1.82, 2.24) is 16.0 Å². The molecule has 1 unspecified atom stereocenters. The highest BCUT2D eigenvalue weighted by atomic mass is 127. The van der Waals surface area contributed by atoms with E-state index in [0.29, 0.717) is 37.8 Å². The second-order valence-corrected chi connectivity index (χ2v) is 6.44. The van der Waals surface area contributed by atoms with Gasteiger partial charge in [0.05, 0.1) is 18.8 Å². The number of halogens is 1. The van der Waals surface area contributed by atoms with E-state index in [1.165, 1.54) is 0 Å². The Bertz CT molecular complexity index is 811. The predicted octanol–water partition coefficient (Wildman–Crippen LogP) is 1.87. The highest BCUT2D eigenvalue weighted by molar-refractivity contribution is 14.0. The third-order valence-corrected chi connectivity index (χ3v) is 4.30. The fourth-order valence-corrected chi connectivity index (χ4v) is 2.98. The number of carbonyl (C=O) groups excluding carboxylic acids is 2. The van der Waals surface area contributed by atoms with Crippen LogP contribution in [-0.4, -0.2) is 43.5 Å². The molecule has 1 saturated heterocycles. The second-order valence-electron chi connectivity index (χ2n) is 6.44. The SMILES string of the molecule is CCNC(=NCC(=O)NCc1ccco1)NC1CC(=O)N(c2ccccc2)C1.I. The van der Waals surface area contributed by atoms with Crippen LogP contribution in [0.15, 0.2) is 58.1 Å². The van der Waals surface area contributed by atoms with Gasteiger partial charge in [-0.2, -0.15) is 0 Å². The number of hydrogen-bond donors (Lipinski definition) is 3. The van der Waals surface area contributed by atoms with Crippen LogP contribution in [0.4, 0.5) is 5.69 Å². The molecule has 8 nitrogen and oxygen atoms in total. The topological polar surface area (TPSA) is 99.0 Å². The largest absolute Gasteiger partial charge is 0.467 e. The van der Waals surface area contributed by atoms with Crippen molar-refractivity contribution in [2.24, 2.45) is 4.99 Å². The Hall–Kier alpha value is -2.56. The number of para-hydroxylation sites is 1. The van der Waals surface area contributed by atoms with E-state index in [4.69, 9.17) is 4.42 Å². The van der Waals surface area contributed by atoms with Gasteiger partial charge in [-0.3, -0.25) is 9.59 Å². The molecule has 9 heteroatoms. The van der Waals surface area contributed by atoms with E-state index in [1.807, 2.05) is 37.3 Å². The molecule has 0 saturated carbocycles. The first-order valence-electron chi connectivity index (χ1n) is 9.35. The van der Waals surface area contributed by atoms with Crippen molar-refractivity contribution < 1.29 is 14.0 Å². The van der Waals surface area contributed by atoms with Crippen LogP contribution in [-0.2, 0) is 16.1 Å². The molecule has 2 aromatic rings. The maximum Gasteiger partial charge on any atom is 0.242 e. The molecule has 1 atom stereocenters. The van der Waals surface area contributed by atoms with E-state index in [0.717, 1.165) is 5.69 Å². The van der Waals surface area contributed by atoms with Gasteiger partial charge in [0, 0.05) is 25.2 Å². The summed E-state index contributed by atoms with van der Waals surface area (Å²) in [6.45, 7) is 3.47. The highest BCUT2D eigenvalue weighted by Crippen LogP contribution is 2.20. The van der Waals surface area contributed by atoms with E-state index in [1.54, 1.807) is 23.3 Å². The molecule has 156 valence electrons. The monoisotopic (exact) mass is 511 g/mol. The van der Waals surface area contributed by atoms with Gasteiger partial charge in [0.25, 0.3) is 0 Å².